The van der Waals surface area contributed by atoms with Crippen molar-refractivity contribution in [3.05, 3.63) is 23.8 Å². The number of nitrogens with zero attached hydrogens (tertiary/aromatic N) is 2. The zero-order valence-electron chi connectivity index (χ0n) is 13.8. The minimum atomic E-state index is 0.556. The fourth-order valence-electron chi connectivity index (χ4n) is 2.76. The molecule has 0 aliphatic carbocycles. The van der Waals surface area contributed by atoms with Crippen molar-refractivity contribution in [2.24, 2.45) is 16.6 Å². The normalized spacial score (nSPS) is 19.1. The maximum Gasteiger partial charge on any atom is 0.191 e. The van der Waals surface area contributed by atoms with Crippen LogP contribution in [-0.4, -0.2) is 37.7 Å². The largest absolute Gasteiger partial charge is 0.493 e. The van der Waals surface area contributed by atoms with E-state index in [1.807, 2.05) is 25.1 Å². The summed E-state index contributed by atoms with van der Waals surface area (Å²) in [5.41, 5.74) is 7.20. The Morgan fingerprint density at radius 1 is 1.41 bits per heavy atom. The second kappa shape index (κ2) is 7.92. The molecule has 1 saturated heterocycles. The molecular weight excluding hydrogens is 278 g/mol. The Morgan fingerprint density at radius 2 is 2.23 bits per heavy atom. The van der Waals surface area contributed by atoms with Gasteiger partial charge in [0.25, 0.3) is 0 Å². The summed E-state index contributed by atoms with van der Waals surface area (Å²) >= 11 is 0. The van der Waals surface area contributed by atoms with Crippen molar-refractivity contribution < 1.29 is 9.47 Å². The molecule has 5 heteroatoms. The van der Waals surface area contributed by atoms with Crippen molar-refractivity contribution in [3.63, 3.8) is 0 Å². The lowest BCUT2D eigenvalue weighted by atomic mass is 10.0. The third-order valence-corrected chi connectivity index (χ3v) is 3.93. The number of hydrogen-bond donors (Lipinski definition) is 1. The predicted molar refractivity (Wildman–Crippen MR) is 89.5 cm³/mol. The lowest BCUT2D eigenvalue weighted by Gasteiger charge is -2.31. The number of nitrogens with two attached hydrogens (primary N) is 1. The lowest BCUT2D eigenvalue weighted by Crippen LogP contribution is -2.43. The van der Waals surface area contributed by atoms with E-state index in [0.29, 0.717) is 25.0 Å². The molecule has 2 N–H and O–H groups in total. The quantitative estimate of drug-likeness (QED) is 0.671. The molecule has 1 aromatic rings. The van der Waals surface area contributed by atoms with Crippen molar-refractivity contribution in [1.82, 2.24) is 4.90 Å². The van der Waals surface area contributed by atoms with Crippen LogP contribution in [-0.2, 0) is 6.54 Å². The number of piperidine rings is 1. The minimum Gasteiger partial charge on any atom is -0.493 e. The number of ether oxygens (including phenoxy) is 2. The maximum atomic E-state index is 6.13. The van der Waals surface area contributed by atoms with E-state index < -0.39 is 0 Å². The Morgan fingerprint density at radius 3 is 2.91 bits per heavy atom. The summed E-state index contributed by atoms with van der Waals surface area (Å²) in [4.78, 5) is 6.71. The topological polar surface area (TPSA) is 60.1 Å². The molecule has 0 saturated carbocycles. The molecule has 1 aromatic carbocycles. The third-order valence-electron chi connectivity index (χ3n) is 3.93. The molecule has 1 heterocycles. The molecule has 1 fully saturated rings. The van der Waals surface area contributed by atoms with Gasteiger partial charge in [0.2, 0.25) is 0 Å². The number of guanidine groups is 1. The van der Waals surface area contributed by atoms with E-state index in [2.05, 4.69) is 16.8 Å². The van der Waals surface area contributed by atoms with Crippen LogP contribution in [0.5, 0.6) is 11.5 Å². The average Bonchev–Trinajstić information content (AvgIpc) is 2.53. The first-order valence-corrected chi connectivity index (χ1v) is 7.98. The van der Waals surface area contributed by atoms with Crippen LogP contribution < -0.4 is 15.2 Å². The van der Waals surface area contributed by atoms with E-state index in [1.165, 1.54) is 12.8 Å². The minimum absolute atomic E-state index is 0.556. The number of likely N-dealkylation sites (tertiary alicyclic amines) is 1. The van der Waals surface area contributed by atoms with Crippen LogP contribution >= 0.6 is 0 Å². The molecule has 0 radical (unpaired) electrons. The molecule has 1 unspecified atom stereocenters. The first kappa shape index (κ1) is 16.5. The SMILES string of the molecule is CCOc1cc(CN=C(N)N2CCCC(C)C2)ccc1OC. The van der Waals surface area contributed by atoms with Gasteiger partial charge in [-0.1, -0.05) is 13.0 Å². The summed E-state index contributed by atoms with van der Waals surface area (Å²) in [7, 11) is 1.64. The van der Waals surface area contributed by atoms with Gasteiger partial charge in [0.1, 0.15) is 0 Å². The molecule has 22 heavy (non-hydrogen) atoms. The predicted octanol–water partition coefficient (Wildman–Crippen LogP) is 2.64. The van der Waals surface area contributed by atoms with Crippen LogP contribution in [0.15, 0.2) is 23.2 Å². The summed E-state index contributed by atoms with van der Waals surface area (Å²) in [5.74, 6) is 2.82. The summed E-state index contributed by atoms with van der Waals surface area (Å²) in [6, 6.07) is 5.88. The molecule has 0 spiro atoms. The van der Waals surface area contributed by atoms with E-state index in [1.54, 1.807) is 7.11 Å². The number of benzene rings is 1. The molecule has 1 aliphatic rings. The highest BCUT2D eigenvalue weighted by atomic mass is 16.5. The second-order valence-electron chi connectivity index (χ2n) is 5.79. The Hall–Kier alpha value is -1.91. The summed E-state index contributed by atoms with van der Waals surface area (Å²) in [5, 5.41) is 0. The molecular formula is C17H27N3O2. The zero-order valence-corrected chi connectivity index (χ0v) is 13.8. The highest BCUT2D eigenvalue weighted by molar-refractivity contribution is 5.78. The molecule has 0 bridgehead atoms. The maximum absolute atomic E-state index is 6.13. The summed E-state index contributed by atoms with van der Waals surface area (Å²) in [6.45, 7) is 7.39. The van der Waals surface area contributed by atoms with Crippen LogP contribution in [0.25, 0.3) is 0 Å². The van der Waals surface area contributed by atoms with Gasteiger partial charge in [0.15, 0.2) is 17.5 Å². The van der Waals surface area contributed by atoms with Gasteiger partial charge in [-0.15, -0.1) is 0 Å². The van der Waals surface area contributed by atoms with Gasteiger partial charge in [-0.2, -0.15) is 0 Å². The van der Waals surface area contributed by atoms with Gasteiger partial charge in [-0.25, -0.2) is 4.99 Å². The average molecular weight is 305 g/mol. The van der Waals surface area contributed by atoms with Crippen molar-refractivity contribution in [2.45, 2.75) is 33.2 Å². The number of hydrogen-bond acceptors (Lipinski definition) is 3. The monoisotopic (exact) mass is 305 g/mol. The van der Waals surface area contributed by atoms with E-state index in [4.69, 9.17) is 15.2 Å². The van der Waals surface area contributed by atoms with Crippen LogP contribution in [0.1, 0.15) is 32.3 Å². The Kier molecular flexibility index (Phi) is 5.92. The van der Waals surface area contributed by atoms with E-state index in [-0.39, 0.29) is 0 Å². The molecule has 2 rings (SSSR count). The van der Waals surface area contributed by atoms with E-state index >= 15 is 0 Å². The summed E-state index contributed by atoms with van der Waals surface area (Å²) in [6.07, 6.45) is 2.47. The molecule has 1 atom stereocenters. The molecule has 0 aromatic heterocycles. The first-order valence-electron chi connectivity index (χ1n) is 7.98. The Labute approximate surface area is 133 Å². The Bertz CT molecular complexity index is 517. The zero-order chi connectivity index (χ0) is 15.9. The lowest BCUT2D eigenvalue weighted by molar-refractivity contribution is 0.270. The van der Waals surface area contributed by atoms with Crippen molar-refractivity contribution in [3.8, 4) is 11.5 Å². The van der Waals surface area contributed by atoms with Crippen molar-refractivity contribution >= 4 is 5.96 Å². The molecule has 5 nitrogen and oxygen atoms in total. The van der Waals surface area contributed by atoms with Gasteiger partial charge >= 0.3 is 0 Å². The van der Waals surface area contributed by atoms with Crippen LogP contribution in [0.2, 0.25) is 0 Å². The highest BCUT2D eigenvalue weighted by Gasteiger charge is 2.17. The fraction of sp³-hybridized carbons (Fsp3) is 0.588. The molecule has 0 amide bonds. The number of methoxy groups -OCH3 is 1. The Balaban J connectivity index is 2.03. The van der Waals surface area contributed by atoms with Gasteiger partial charge in [-0.3, -0.25) is 0 Å². The first-order chi connectivity index (χ1) is 10.6. The third kappa shape index (κ3) is 4.29. The van der Waals surface area contributed by atoms with Crippen LogP contribution in [0.4, 0.5) is 0 Å². The molecule has 1 aliphatic heterocycles. The van der Waals surface area contributed by atoms with Gasteiger partial charge in [-0.05, 0) is 43.4 Å². The van der Waals surface area contributed by atoms with Crippen molar-refractivity contribution in [1.29, 1.82) is 0 Å². The standard InChI is InChI=1S/C17H27N3O2/c1-4-22-16-10-14(7-8-15(16)21-3)11-19-17(18)20-9-5-6-13(2)12-20/h7-8,10,13H,4-6,9,11-12H2,1-3H3,(H2,18,19). The highest BCUT2D eigenvalue weighted by Crippen LogP contribution is 2.28. The number of rotatable bonds is 5. The van der Waals surface area contributed by atoms with Gasteiger partial charge in [0.05, 0.1) is 20.3 Å². The van der Waals surface area contributed by atoms with E-state index in [0.717, 1.165) is 30.2 Å². The fourth-order valence-corrected chi connectivity index (χ4v) is 2.76. The van der Waals surface area contributed by atoms with Crippen LogP contribution in [0, 0.1) is 5.92 Å². The smallest absolute Gasteiger partial charge is 0.191 e. The van der Waals surface area contributed by atoms with Crippen LogP contribution in [0.3, 0.4) is 0 Å². The van der Waals surface area contributed by atoms with Gasteiger partial charge in [0, 0.05) is 13.1 Å². The molecule has 122 valence electrons. The number of aliphatic imine (C=N–C) groups is 1. The van der Waals surface area contributed by atoms with Crippen molar-refractivity contribution in [2.75, 3.05) is 26.8 Å². The van der Waals surface area contributed by atoms with E-state index in [9.17, 15) is 0 Å². The summed E-state index contributed by atoms with van der Waals surface area (Å²) < 4.78 is 10.9. The van der Waals surface area contributed by atoms with Gasteiger partial charge < -0.3 is 20.1 Å². The second-order valence-corrected chi connectivity index (χ2v) is 5.79.